The lowest BCUT2D eigenvalue weighted by atomic mass is 9.87. The van der Waals surface area contributed by atoms with E-state index in [1.807, 2.05) is 20.8 Å². The summed E-state index contributed by atoms with van der Waals surface area (Å²) in [7, 11) is 1.22. The first kappa shape index (κ1) is 14.5. The monoisotopic (exact) mass is 260 g/mol. The summed E-state index contributed by atoms with van der Waals surface area (Å²) in [6, 6.07) is 0. The second kappa shape index (κ2) is 4.28. The lowest BCUT2D eigenvalue weighted by Crippen LogP contribution is -2.49. The van der Waals surface area contributed by atoms with Gasteiger partial charge in [0.25, 0.3) is 0 Å². The molecule has 98 valence electrons. The van der Waals surface area contributed by atoms with Crippen LogP contribution in [-0.4, -0.2) is 33.6 Å². The molecule has 1 rings (SSSR count). The molecule has 0 unspecified atom stereocenters. The molecule has 1 atom stereocenters. The molecular formula is C12H20O4S. The van der Waals surface area contributed by atoms with E-state index in [2.05, 4.69) is 4.74 Å². The van der Waals surface area contributed by atoms with E-state index < -0.39 is 17.0 Å². The van der Waals surface area contributed by atoms with Crippen molar-refractivity contribution in [1.82, 2.24) is 0 Å². The number of ether oxygens (including phenoxy) is 1. The van der Waals surface area contributed by atoms with Gasteiger partial charge in [-0.1, -0.05) is 32.5 Å². The quantitative estimate of drug-likeness (QED) is 0.783. The average Bonchev–Trinajstić information content (AvgIpc) is 2.94. The van der Waals surface area contributed by atoms with Crippen molar-refractivity contribution in [3.8, 4) is 0 Å². The van der Waals surface area contributed by atoms with Crippen LogP contribution in [0.15, 0.2) is 0 Å². The molecule has 1 aliphatic rings. The highest BCUT2D eigenvalue weighted by molar-refractivity contribution is 8.14. The normalized spacial score (nSPS) is 21.5. The Balaban J connectivity index is 2.89. The average molecular weight is 260 g/mol. The molecule has 1 fully saturated rings. The fourth-order valence-electron chi connectivity index (χ4n) is 1.78. The fraction of sp³-hybridized carbons (Fsp3) is 0.833. The molecule has 0 amide bonds. The van der Waals surface area contributed by atoms with Gasteiger partial charge in [0.05, 0.1) is 12.5 Å². The van der Waals surface area contributed by atoms with Crippen LogP contribution >= 0.6 is 11.8 Å². The van der Waals surface area contributed by atoms with Crippen molar-refractivity contribution in [2.45, 2.75) is 50.9 Å². The predicted octanol–water partition coefficient (Wildman–Crippen LogP) is 1.75. The smallest absolute Gasteiger partial charge is 0.338 e. The first-order valence-corrected chi connectivity index (χ1v) is 6.43. The van der Waals surface area contributed by atoms with Gasteiger partial charge in [0.2, 0.25) is 0 Å². The highest BCUT2D eigenvalue weighted by Crippen LogP contribution is 2.58. The Hall–Kier alpha value is -0.550. The van der Waals surface area contributed by atoms with E-state index >= 15 is 0 Å². The van der Waals surface area contributed by atoms with Gasteiger partial charge in [0.15, 0.2) is 10.7 Å². The molecule has 0 aromatic heterocycles. The van der Waals surface area contributed by atoms with Gasteiger partial charge in [0.1, 0.15) is 0 Å². The molecule has 4 nitrogen and oxygen atoms in total. The number of aliphatic hydroxyl groups is 1. The summed E-state index contributed by atoms with van der Waals surface area (Å²) < 4.78 is 4.35. The second-order valence-corrected chi connectivity index (χ2v) is 7.45. The van der Waals surface area contributed by atoms with Crippen molar-refractivity contribution in [2.75, 3.05) is 7.11 Å². The zero-order valence-corrected chi connectivity index (χ0v) is 11.8. The Morgan fingerprint density at radius 3 is 2.00 bits per heavy atom. The Morgan fingerprint density at radius 1 is 1.24 bits per heavy atom. The first-order valence-electron chi connectivity index (χ1n) is 5.61. The van der Waals surface area contributed by atoms with Crippen LogP contribution in [0.3, 0.4) is 0 Å². The largest absolute Gasteiger partial charge is 0.467 e. The van der Waals surface area contributed by atoms with E-state index in [1.54, 1.807) is 0 Å². The molecule has 1 aliphatic carbocycles. The third kappa shape index (κ3) is 2.65. The summed E-state index contributed by atoms with van der Waals surface area (Å²) in [6.07, 6.45) is 1.08. The zero-order chi connectivity index (χ0) is 13.5. The molecule has 0 heterocycles. The van der Waals surface area contributed by atoms with Crippen molar-refractivity contribution >= 4 is 22.8 Å². The number of thioether (sulfide) groups is 1. The Morgan fingerprint density at radius 2 is 1.71 bits per heavy atom. The maximum Gasteiger partial charge on any atom is 0.338 e. The van der Waals surface area contributed by atoms with Crippen LogP contribution in [0.4, 0.5) is 0 Å². The number of carbonyl (C=O) groups excluding carboxylic acids is 2. The second-order valence-electron chi connectivity index (χ2n) is 5.65. The minimum absolute atomic E-state index is 0.125. The number of hydrogen-bond donors (Lipinski definition) is 1. The summed E-state index contributed by atoms with van der Waals surface area (Å²) in [4.78, 5) is 23.8. The molecule has 0 radical (unpaired) electrons. The topological polar surface area (TPSA) is 63.6 Å². The molecule has 17 heavy (non-hydrogen) atoms. The summed E-state index contributed by atoms with van der Waals surface area (Å²) in [5, 5.41) is 10.1. The highest BCUT2D eigenvalue weighted by atomic mass is 32.2. The molecule has 0 saturated heterocycles. The van der Waals surface area contributed by atoms with Gasteiger partial charge in [-0.05, 0) is 19.8 Å². The van der Waals surface area contributed by atoms with Gasteiger partial charge in [-0.2, -0.15) is 0 Å². The fourth-order valence-corrected chi connectivity index (χ4v) is 2.94. The van der Waals surface area contributed by atoms with Gasteiger partial charge in [-0.15, -0.1) is 0 Å². The molecule has 0 aromatic carbocycles. The molecule has 1 N–H and O–H groups in total. The molecule has 5 heteroatoms. The lowest BCUT2D eigenvalue weighted by Gasteiger charge is -2.30. The van der Waals surface area contributed by atoms with E-state index in [4.69, 9.17) is 0 Å². The van der Waals surface area contributed by atoms with E-state index in [0.29, 0.717) is 12.8 Å². The van der Waals surface area contributed by atoms with Crippen LogP contribution in [0.25, 0.3) is 0 Å². The van der Waals surface area contributed by atoms with Gasteiger partial charge in [0, 0.05) is 4.75 Å². The van der Waals surface area contributed by atoms with Crippen LogP contribution in [0.1, 0.15) is 40.5 Å². The Kier molecular flexibility index (Phi) is 3.65. The van der Waals surface area contributed by atoms with Crippen LogP contribution in [-0.2, 0) is 14.3 Å². The summed E-state index contributed by atoms with van der Waals surface area (Å²) in [5.74, 6) is -0.738. The number of carbonyl (C=O) groups is 2. The summed E-state index contributed by atoms with van der Waals surface area (Å²) in [5.41, 5.74) is -2.69. The van der Waals surface area contributed by atoms with E-state index in [-0.39, 0.29) is 9.86 Å². The molecule has 0 aliphatic heterocycles. The van der Waals surface area contributed by atoms with E-state index in [0.717, 1.165) is 0 Å². The van der Waals surface area contributed by atoms with Crippen molar-refractivity contribution < 1.29 is 19.4 Å². The lowest BCUT2D eigenvalue weighted by molar-refractivity contribution is -0.169. The van der Waals surface area contributed by atoms with Gasteiger partial charge < -0.3 is 9.84 Å². The predicted molar refractivity (Wildman–Crippen MR) is 66.7 cm³/mol. The third-order valence-electron chi connectivity index (χ3n) is 3.05. The van der Waals surface area contributed by atoms with Crippen molar-refractivity contribution in [3.63, 3.8) is 0 Å². The number of hydrogen-bond acceptors (Lipinski definition) is 5. The minimum atomic E-state index is -1.73. The van der Waals surface area contributed by atoms with Gasteiger partial charge in [-0.25, -0.2) is 4.79 Å². The van der Waals surface area contributed by atoms with Crippen molar-refractivity contribution in [1.29, 1.82) is 0 Å². The van der Waals surface area contributed by atoms with E-state index in [1.165, 1.54) is 25.8 Å². The van der Waals surface area contributed by atoms with E-state index in [9.17, 15) is 14.7 Å². The van der Waals surface area contributed by atoms with Crippen molar-refractivity contribution in [3.05, 3.63) is 0 Å². The summed E-state index contributed by atoms with van der Waals surface area (Å²) in [6.45, 7) is 7.16. The van der Waals surface area contributed by atoms with Gasteiger partial charge >= 0.3 is 5.97 Å². The molecule has 1 saturated carbocycles. The van der Waals surface area contributed by atoms with Crippen LogP contribution in [0.5, 0.6) is 0 Å². The maximum absolute atomic E-state index is 12.2. The third-order valence-corrected chi connectivity index (χ3v) is 4.24. The number of methoxy groups -OCH3 is 1. The number of rotatable bonds is 3. The van der Waals surface area contributed by atoms with Crippen LogP contribution < -0.4 is 0 Å². The van der Waals surface area contributed by atoms with Crippen molar-refractivity contribution in [2.24, 2.45) is 5.41 Å². The molecule has 0 bridgehead atoms. The minimum Gasteiger partial charge on any atom is -0.467 e. The standard InChI is InChI=1S/C12H20O4S/c1-10(2,3)17-9(14)12(6-7-12)11(4,15)8(13)16-5/h15H,6-7H2,1-5H3/t11-/m0/s1. The molecular weight excluding hydrogens is 240 g/mol. The maximum atomic E-state index is 12.2. The first-order chi connectivity index (χ1) is 7.57. The SMILES string of the molecule is COC(=O)[C@](C)(O)C1(C(=O)SC(C)(C)C)CC1. The van der Waals surface area contributed by atoms with Crippen LogP contribution in [0, 0.1) is 5.41 Å². The number of esters is 1. The Bertz CT molecular complexity index is 337. The Labute approximate surface area is 106 Å². The molecule has 0 aromatic rings. The molecule has 0 spiro atoms. The highest BCUT2D eigenvalue weighted by Gasteiger charge is 2.66. The summed E-state index contributed by atoms with van der Waals surface area (Å²) >= 11 is 1.17. The van der Waals surface area contributed by atoms with Gasteiger partial charge in [-0.3, -0.25) is 4.79 Å². The van der Waals surface area contributed by atoms with Crippen LogP contribution in [0.2, 0.25) is 0 Å². The zero-order valence-electron chi connectivity index (χ0n) is 11.0.